The summed E-state index contributed by atoms with van der Waals surface area (Å²) in [5.41, 5.74) is 5.90. The van der Waals surface area contributed by atoms with Gasteiger partial charge in [-0.2, -0.15) is 5.10 Å². The molecule has 0 fully saturated rings. The lowest BCUT2D eigenvalue weighted by molar-refractivity contribution is -0.143. The van der Waals surface area contributed by atoms with Gasteiger partial charge >= 0.3 is 5.97 Å². The summed E-state index contributed by atoms with van der Waals surface area (Å²) in [6, 6.07) is 15.1. The van der Waals surface area contributed by atoms with Crippen molar-refractivity contribution in [2.45, 2.75) is 33.1 Å². The molecule has 0 aliphatic rings. The van der Waals surface area contributed by atoms with Crippen LogP contribution in [0.4, 0.5) is 0 Å². The number of carbonyl (C=O) groups excluding carboxylic acids is 2. The van der Waals surface area contributed by atoms with Gasteiger partial charge < -0.3 is 4.74 Å². The monoisotopic (exact) mass is 430 g/mol. The molecule has 0 unspecified atom stereocenters. The minimum atomic E-state index is -0.266. The van der Waals surface area contributed by atoms with Crippen molar-refractivity contribution in [2.24, 2.45) is 5.10 Å². The molecule has 0 saturated heterocycles. The molecule has 0 radical (unpaired) electrons. The minimum absolute atomic E-state index is 0.155. The van der Waals surface area contributed by atoms with E-state index in [0.717, 1.165) is 28.4 Å². The Bertz CT molecular complexity index is 816. The van der Waals surface area contributed by atoms with Gasteiger partial charge in [0.1, 0.15) is 0 Å². The number of hydrogen-bond acceptors (Lipinski definition) is 4. The van der Waals surface area contributed by atoms with Gasteiger partial charge in [0.25, 0.3) is 5.91 Å². The largest absolute Gasteiger partial charge is 0.466 e. The Balaban J connectivity index is 1.90. The lowest BCUT2D eigenvalue weighted by Crippen LogP contribution is -2.19. The number of hydrazone groups is 1. The first-order chi connectivity index (χ1) is 13.0. The fourth-order valence-corrected chi connectivity index (χ4v) is 2.95. The summed E-state index contributed by atoms with van der Waals surface area (Å²) in [6.07, 6.45) is 2.00. The summed E-state index contributed by atoms with van der Waals surface area (Å²) in [5, 5.41) is 4.18. The fraction of sp³-hybridized carbons (Fsp3) is 0.286. The van der Waals surface area contributed by atoms with Crippen molar-refractivity contribution in [3.8, 4) is 0 Å². The van der Waals surface area contributed by atoms with E-state index in [9.17, 15) is 9.59 Å². The van der Waals surface area contributed by atoms with Crippen molar-refractivity contribution in [3.63, 3.8) is 0 Å². The zero-order valence-corrected chi connectivity index (χ0v) is 17.1. The van der Waals surface area contributed by atoms with E-state index in [4.69, 9.17) is 4.74 Å². The molecule has 2 aromatic rings. The van der Waals surface area contributed by atoms with Gasteiger partial charge in [-0.15, -0.1) is 0 Å². The van der Waals surface area contributed by atoms with Crippen LogP contribution < -0.4 is 5.43 Å². The molecule has 27 heavy (non-hydrogen) atoms. The molecule has 0 atom stereocenters. The van der Waals surface area contributed by atoms with Gasteiger partial charge in [0.15, 0.2) is 0 Å². The first-order valence-electron chi connectivity index (χ1n) is 8.85. The number of carbonyl (C=O) groups is 2. The van der Waals surface area contributed by atoms with E-state index in [1.54, 1.807) is 12.1 Å². The van der Waals surface area contributed by atoms with Gasteiger partial charge in [-0.25, -0.2) is 5.43 Å². The second-order valence-corrected chi connectivity index (χ2v) is 6.83. The standard InChI is InChI=1S/C21H23BrN2O3/c1-3-27-20(25)10-6-7-16-11-13-17(14-12-16)15(2)23-24-21(26)18-8-4-5-9-19(18)22/h4-5,8-9,11-14H,3,6-7,10H2,1-2H3,(H,24,26)/b23-15-. The lowest BCUT2D eigenvalue weighted by atomic mass is 10.0. The topological polar surface area (TPSA) is 67.8 Å². The van der Waals surface area contributed by atoms with Crippen LogP contribution in [-0.4, -0.2) is 24.2 Å². The highest BCUT2D eigenvalue weighted by molar-refractivity contribution is 9.10. The summed E-state index contributed by atoms with van der Waals surface area (Å²) in [4.78, 5) is 23.5. The Morgan fingerprint density at radius 1 is 1.11 bits per heavy atom. The van der Waals surface area contributed by atoms with Gasteiger partial charge in [0.2, 0.25) is 0 Å². The number of nitrogens with zero attached hydrogens (tertiary/aromatic N) is 1. The maximum atomic E-state index is 12.2. The Hall–Kier alpha value is -2.47. The predicted molar refractivity (Wildman–Crippen MR) is 110 cm³/mol. The van der Waals surface area contributed by atoms with E-state index in [2.05, 4.69) is 26.5 Å². The lowest BCUT2D eigenvalue weighted by Gasteiger charge is -2.06. The smallest absolute Gasteiger partial charge is 0.305 e. The minimum Gasteiger partial charge on any atom is -0.466 e. The third-order valence-electron chi connectivity index (χ3n) is 3.97. The van der Waals surface area contributed by atoms with Gasteiger partial charge in [0, 0.05) is 10.9 Å². The molecule has 1 amide bonds. The summed E-state index contributed by atoms with van der Waals surface area (Å²) in [5.74, 6) is -0.421. The van der Waals surface area contributed by atoms with Crippen molar-refractivity contribution in [2.75, 3.05) is 6.61 Å². The van der Waals surface area contributed by atoms with Crippen LogP contribution in [0.1, 0.15) is 48.2 Å². The SMILES string of the molecule is CCOC(=O)CCCc1ccc(/C(C)=N\NC(=O)c2ccccc2Br)cc1. The molecule has 0 aliphatic heterocycles. The summed E-state index contributed by atoms with van der Waals surface area (Å²) in [6.45, 7) is 4.07. The van der Waals surface area contributed by atoms with Crippen LogP contribution in [0.3, 0.4) is 0 Å². The van der Waals surface area contributed by atoms with Crippen LogP contribution in [0.5, 0.6) is 0 Å². The number of nitrogens with one attached hydrogen (secondary N) is 1. The zero-order chi connectivity index (χ0) is 19.6. The summed E-state index contributed by atoms with van der Waals surface area (Å²) in [7, 11) is 0. The Morgan fingerprint density at radius 2 is 1.81 bits per heavy atom. The number of benzene rings is 2. The second-order valence-electron chi connectivity index (χ2n) is 5.97. The van der Waals surface area contributed by atoms with E-state index in [0.29, 0.717) is 24.3 Å². The van der Waals surface area contributed by atoms with E-state index >= 15 is 0 Å². The Kier molecular flexibility index (Phi) is 8.20. The maximum absolute atomic E-state index is 12.2. The number of esters is 1. The third kappa shape index (κ3) is 6.64. The van der Waals surface area contributed by atoms with Crippen molar-refractivity contribution in [1.82, 2.24) is 5.43 Å². The molecular weight excluding hydrogens is 408 g/mol. The molecule has 0 aromatic heterocycles. The molecule has 2 aromatic carbocycles. The molecule has 0 spiro atoms. The molecule has 0 bridgehead atoms. The molecular formula is C21H23BrN2O3. The number of rotatable bonds is 8. The van der Waals surface area contributed by atoms with Crippen molar-refractivity contribution < 1.29 is 14.3 Å². The normalized spacial score (nSPS) is 11.1. The van der Waals surface area contributed by atoms with Gasteiger partial charge in [-0.05, 0) is 65.9 Å². The number of amides is 1. The highest BCUT2D eigenvalue weighted by Gasteiger charge is 2.08. The van der Waals surface area contributed by atoms with E-state index in [1.807, 2.05) is 50.2 Å². The van der Waals surface area contributed by atoms with E-state index in [-0.39, 0.29) is 11.9 Å². The molecule has 1 N–H and O–H groups in total. The Morgan fingerprint density at radius 3 is 2.48 bits per heavy atom. The van der Waals surface area contributed by atoms with Crippen molar-refractivity contribution >= 4 is 33.5 Å². The predicted octanol–water partition coefficient (Wildman–Crippen LogP) is 4.49. The first-order valence-corrected chi connectivity index (χ1v) is 9.64. The Labute approximate surface area is 167 Å². The van der Waals surface area contributed by atoms with Crippen molar-refractivity contribution in [3.05, 3.63) is 69.7 Å². The molecule has 0 saturated carbocycles. The molecule has 0 aliphatic carbocycles. The van der Waals surface area contributed by atoms with Gasteiger partial charge in [-0.3, -0.25) is 9.59 Å². The molecule has 6 heteroatoms. The molecule has 5 nitrogen and oxygen atoms in total. The molecule has 0 heterocycles. The van der Waals surface area contributed by atoms with Crippen LogP contribution in [0.25, 0.3) is 0 Å². The quantitative estimate of drug-likeness (QED) is 0.381. The average Bonchev–Trinajstić information content (AvgIpc) is 2.67. The van der Waals surface area contributed by atoms with Crippen LogP contribution in [0, 0.1) is 0 Å². The maximum Gasteiger partial charge on any atom is 0.305 e. The number of ether oxygens (including phenoxy) is 1. The van der Waals surface area contributed by atoms with Crippen LogP contribution >= 0.6 is 15.9 Å². The van der Waals surface area contributed by atoms with E-state index < -0.39 is 0 Å². The number of aryl methyl sites for hydroxylation is 1. The van der Waals surface area contributed by atoms with Crippen LogP contribution in [0.2, 0.25) is 0 Å². The molecule has 142 valence electrons. The van der Waals surface area contributed by atoms with Gasteiger partial charge in [0.05, 0.1) is 17.9 Å². The van der Waals surface area contributed by atoms with Gasteiger partial charge in [-0.1, -0.05) is 36.4 Å². The van der Waals surface area contributed by atoms with E-state index in [1.165, 1.54) is 0 Å². The van der Waals surface area contributed by atoms with Crippen LogP contribution in [0.15, 0.2) is 58.1 Å². The third-order valence-corrected chi connectivity index (χ3v) is 4.66. The molecule has 2 rings (SSSR count). The summed E-state index contributed by atoms with van der Waals surface area (Å²) < 4.78 is 5.65. The second kappa shape index (κ2) is 10.6. The first kappa shape index (κ1) is 20.8. The number of hydrogen-bond donors (Lipinski definition) is 1. The highest BCUT2D eigenvalue weighted by Crippen LogP contribution is 2.15. The zero-order valence-electron chi connectivity index (χ0n) is 15.5. The average molecular weight is 431 g/mol. The van der Waals surface area contributed by atoms with Crippen molar-refractivity contribution in [1.29, 1.82) is 0 Å². The fourth-order valence-electron chi connectivity index (χ4n) is 2.49. The highest BCUT2D eigenvalue weighted by atomic mass is 79.9. The van der Waals surface area contributed by atoms with Crippen LogP contribution in [-0.2, 0) is 16.0 Å². The summed E-state index contributed by atoms with van der Waals surface area (Å²) >= 11 is 3.36. The number of halogens is 1.